The average Bonchev–Trinajstić information content (AvgIpc) is 2.43. The Kier molecular flexibility index (Phi) is 4.86. The molecule has 18 heavy (non-hydrogen) atoms. The van der Waals surface area contributed by atoms with Crippen LogP contribution in [0.5, 0.6) is 0 Å². The molecule has 0 aliphatic carbocycles. The summed E-state index contributed by atoms with van der Waals surface area (Å²) in [6, 6.07) is 10.2. The Morgan fingerprint density at radius 2 is 1.67 bits per heavy atom. The topological polar surface area (TPSA) is 23.5 Å². The van der Waals surface area contributed by atoms with Gasteiger partial charge in [-0.05, 0) is 31.5 Å². The Labute approximate surface area is 115 Å². The van der Waals surface area contributed by atoms with Crippen LogP contribution in [0.3, 0.4) is 0 Å². The van der Waals surface area contributed by atoms with E-state index in [-0.39, 0.29) is 0 Å². The molecule has 0 unspecified atom stereocenters. The minimum absolute atomic E-state index is 0.585. The molecule has 2 nitrogen and oxygen atoms in total. The van der Waals surface area contributed by atoms with Crippen LogP contribution in [0.4, 0.5) is 0 Å². The monoisotopic (exact) mass is 261 g/mol. The molecule has 1 aliphatic rings. The second-order valence-electron chi connectivity index (χ2n) is 5.40. The van der Waals surface area contributed by atoms with Crippen molar-refractivity contribution in [1.29, 1.82) is 0 Å². The van der Waals surface area contributed by atoms with E-state index in [2.05, 4.69) is 29.9 Å². The molecular formula is C15H24AlNO. The van der Waals surface area contributed by atoms with Crippen molar-refractivity contribution in [2.24, 2.45) is 0 Å². The summed E-state index contributed by atoms with van der Waals surface area (Å²) in [5.41, 5.74) is 0.508. The zero-order valence-electron chi connectivity index (χ0n) is 11.6. The second-order valence-corrected chi connectivity index (χ2v) is 9.07. The maximum atomic E-state index is 10.8. The van der Waals surface area contributed by atoms with Gasteiger partial charge in [0.15, 0.2) is 0 Å². The summed E-state index contributed by atoms with van der Waals surface area (Å²) in [6.45, 7) is 6.78. The van der Waals surface area contributed by atoms with Crippen molar-refractivity contribution in [3.05, 3.63) is 35.9 Å². The molecule has 1 N–H and O–H groups in total. The number of rotatable bonds is 4. The second kappa shape index (κ2) is 6.21. The van der Waals surface area contributed by atoms with Crippen molar-refractivity contribution < 1.29 is 5.11 Å². The van der Waals surface area contributed by atoms with E-state index in [0.717, 1.165) is 31.5 Å². The number of aliphatic hydroxyl groups is 1. The molecule has 1 aromatic carbocycles. The van der Waals surface area contributed by atoms with Crippen LogP contribution < -0.4 is 0 Å². The summed E-state index contributed by atoms with van der Waals surface area (Å²) < 4.78 is 2.68. The van der Waals surface area contributed by atoms with Gasteiger partial charge in [-0.3, -0.25) is 0 Å². The summed E-state index contributed by atoms with van der Waals surface area (Å²) in [6.07, 6.45) is 1.78. The van der Waals surface area contributed by atoms with Crippen molar-refractivity contribution in [3.63, 3.8) is 0 Å². The first-order valence-electron chi connectivity index (χ1n) is 7.21. The smallest absolute Gasteiger partial charge is 0.372 e. The molecule has 98 valence electrons. The van der Waals surface area contributed by atoms with E-state index >= 15 is 0 Å². The lowest BCUT2D eigenvalue weighted by Crippen LogP contribution is -2.48. The summed E-state index contributed by atoms with van der Waals surface area (Å²) in [7, 11) is 0. The Bertz CT molecular complexity index is 356. The van der Waals surface area contributed by atoms with E-state index in [1.54, 1.807) is 0 Å². The van der Waals surface area contributed by atoms with Crippen molar-refractivity contribution >= 4 is 14.4 Å². The van der Waals surface area contributed by atoms with Gasteiger partial charge in [-0.25, -0.2) is 0 Å². The third kappa shape index (κ3) is 2.98. The van der Waals surface area contributed by atoms with Gasteiger partial charge in [-0.2, -0.15) is 0 Å². The molecule has 3 heteroatoms. The fraction of sp³-hybridized carbons (Fsp3) is 0.600. The van der Waals surface area contributed by atoms with E-state index < -0.39 is 20.0 Å². The lowest BCUT2D eigenvalue weighted by molar-refractivity contribution is -0.0110. The fourth-order valence-electron chi connectivity index (χ4n) is 3.10. The molecule has 1 aliphatic heterocycles. The fourth-order valence-corrected chi connectivity index (χ4v) is 5.70. The molecule has 0 aromatic heterocycles. The van der Waals surface area contributed by atoms with Crippen LogP contribution in [0.2, 0.25) is 10.6 Å². The number of hydrogen-bond donors (Lipinski definition) is 1. The number of nitrogens with zero attached hydrogens (tertiary/aromatic N) is 1. The third-order valence-electron chi connectivity index (χ3n) is 4.40. The van der Waals surface area contributed by atoms with Gasteiger partial charge >= 0.3 is 14.4 Å². The van der Waals surface area contributed by atoms with Gasteiger partial charge in [0.05, 0.1) is 5.60 Å². The maximum absolute atomic E-state index is 10.8. The van der Waals surface area contributed by atoms with Gasteiger partial charge in [0.25, 0.3) is 0 Å². The van der Waals surface area contributed by atoms with Crippen molar-refractivity contribution in [2.75, 3.05) is 13.1 Å². The highest BCUT2D eigenvalue weighted by molar-refractivity contribution is 6.55. The molecule has 0 saturated carbocycles. The van der Waals surface area contributed by atoms with E-state index in [1.807, 2.05) is 18.2 Å². The first-order chi connectivity index (χ1) is 8.69. The molecule has 0 atom stereocenters. The molecule has 1 aromatic rings. The zero-order chi connectivity index (χ0) is 13.0. The molecule has 0 bridgehead atoms. The highest BCUT2D eigenvalue weighted by Gasteiger charge is 2.36. The summed E-state index contributed by atoms with van der Waals surface area (Å²) in [4.78, 5) is 0. The molecule has 0 amide bonds. The molecule has 1 fully saturated rings. The van der Waals surface area contributed by atoms with E-state index in [1.165, 1.54) is 10.6 Å². The van der Waals surface area contributed by atoms with E-state index in [9.17, 15) is 5.11 Å². The van der Waals surface area contributed by atoms with E-state index in [4.69, 9.17) is 0 Å². The molecular weight excluding hydrogens is 237 g/mol. The highest BCUT2D eigenvalue weighted by Crippen LogP contribution is 2.33. The first kappa shape index (κ1) is 14.1. The largest absolute Gasteiger partial charge is 0.385 e. The number of hydrogen-bond acceptors (Lipinski definition) is 2. The standard InChI is InChI=1S/C11H14NO.2C2H5.Al/c13-11(6-8-12-9-7-11)10-4-2-1-3-5-10;2*1-2;/h1-5,13H,6-9H2;2*1H2,2H3;/q-1;;;+1. The SMILES string of the molecule is C[CH2][Al]([CH2]C)[N]1CCC(O)(c2ccccc2)CC1. The highest BCUT2D eigenvalue weighted by atomic mass is 27.2. The van der Waals surface area contributed by atoms with Crippen LogP contribution in [0, 0.1) is 0 Å². The number of piperidine rings is 1. The lowest BCUT2D eigenvalue weighted by atomic mass is 9.85. The van der Waals surface area contributed by atoms with Crippen molar-refractivity contribution in [1.82, 2.24) is 3.88 Å². The van der Waals surface area contributed by atoms with Crippen molar-refractivity contribution in [2.45, 2.75) is 42.9 Å². The molecule has 0 radical (unpaired) electrons. The Hall–Kier alpha value is -0.328. The van der Waals surface area contributed by atoms with Gasteiger partial charge in [-0.1, -0.05) is 54.7 Å². The Balaban J connectivity index is 2.01. The first-order valence-corrected chi connectivity index (χ1v) is 9.36. The van der Waals surface area contributed by atoms with Crippen LogP contribution >= 0.6 is 0 Å². The molecule has 2 rings (SSSR count). The van der Waals surface area contributed by atoms with Crippen LogP contribution in [0.15, 0.2) is 30.3 Å². The number of benzene rings is 1. The van der Waals surface area contributed by atoms with Gasteiger partial charge in [0.1, 0.15) is 0 Å². The Morgan fingerprint density at radius 1 is 1.11 bits per heavy atom. The van der Waals surface area contributed by atoms with Gasteiger partial charge < -0.3 is 8.99 Å². The molecule has 1 saturated heterocycles. The summed E-state index contributed by atoms with van der Waals surface area (Å²) >= 11 is -0.703. The quantitative estimate of drug-likeness (QED) is 0.842. The normalized spacial score (nSPS) is 19.7. The van der Waals surface area contributed by atoms with Gasteiger partial charge in [0.2, 0.25) is 0 Å². The van der Waals surface area contributed by atoms with Crippen LogP contribution in [0.1, 0.15) is 32.3 Å². The summed E-state index contributed by atoms with van der Waals surface area (Å²) in [5.74, 6) is 0. The minimum atomic E-state index is -0.703. The molecule has 1 heterocycles. The lowest BCUT2D eigenvalue weighted by Gasteiger charge is -2.41. The van der Waals surface area contributed by atoms with Gasteiger partial charge in [0, 0.05) is 0 Å². The maximum Gasteiger partial charge on any atom is 0.372 e. The summed E-state index contributed by atoms with van der Waals surface area (Å²) in [5, 5.41) is 13.5. The van der Waals surface area contributed by atoms with Crippen LogP contribution in [-0.2, 0) is 5.60 Å². The van der Waals surface area contributed by atoms with Gasteiger partial charge in [-0.15, -0.1) is 0 Å². The molecule has 0 spiro atoms. The van der Waals surface area contributed by atoms with Crippen LogP contribution in [0.25, 0.3) is 0 Å². The average molecular weight is 261 g/mol. The zero-order valence-corrected chi connectivity index (χ0v) is 12.8. The third-order valence-corrected chi connectivity index (χ3v) is 7.83. The van der Waals surface area contributed by atoms with E-state index in [0.29, 0.717) is 0 Å². The predicted molar refractivity (Wildman–Crippen MR) is 77.9 cm³/mol. The predicted octanol–water partition coefficient (Wildman–Crippen LogP) is 3.00. The van der Waals surface area contributed by atoms with Crippen LogP contribution in [-0.4, -0.2) is 36.4 Å². The Morgan fingerprint density at radius 3 is 2.17 bits per heavy atom. The minimum Gasteiger partial charge on any atom is -0.385 e. The van der Waals surface area contributed by atoms with Crippen molar-refractivity contribution in [3.8, 4) is 0 Å².